The van der Waals surface area contributed by atoms with Crippen molar-refractivity contribution in [2.75, 3.05) is 0 Å². The molecule has 0 radical (unpaired) electrons. The molecule has 41 heavy (non-hydrogen) atoms. The molecule has 0 saturated carbocycles. The van der Waals surface area contributed by atoms with E-state index in [1.54, 1.807) is 0 Å². The van der Waals surface area contributed by atoms with E-state index < -0.39 is 71.9 Å². The zero-order valence-electron chi connectivity index (χ0n) is 21.5. The Labute approximate surface area is 243 Å². The Bertz CT molecular complexity index is 721. The third-order valence-electron chi connectivity index (χ3n) is 3.89. The second-order valence-corrected chi connectivity index (χ2v) is 7.43. The molecule has 0 fully saturated rings. The van der Waals surface area contributed by atoms with Crippen molar-refractivity contribution in [3.05, 3.63) is 0 Å². The molecule has 0 aromatic carbocycles. The summed E-state index contributed by atoms with van der Waals surface area (Å²) in [4.78, 5) is 79.0. The maximum Gasteiger partial charge on any atom is 4.00 e. The topological polar surface area (TPSA) is 414 Å². The van der Waals surface area contributed by atoms with Crippen LogP contribution in [0.5, 0.6) is 0 Å². The summed E-state index contributed by atoms with van der Waals surface area (Å²) in [6.07, 6.45) is -1.31. The summed E-state index contributed by atoms with van der Waals surface area (Å²) >= 11 is 0. The van der Waals surface area contributed by atoms with Crippen LogP contribution in [0.15, 0.2) is 0 Å². The van der Waals surface area contributed by atoms with Crippen LogP contribution in [-0.4, -0.2) is 110 Å². The third-order valence-corrected chi connectivity index (χ3v) is 3.89. The maximum atomic E-state index is 9.88. The molecule has 0 bridgehead atoms. The van der Waals surface area contributed by atoms with Gasteiger partial charge in [0.2, 0.25) is 0 Å². The van der Waals surface area contributed by atoms with Gasteiger partial charge in [-0.2, -0.15) is 0 Å². The van der Waals surface area contributed by atoms with Crippen LogP contribution < -0.4 is 43.4 Å². The van der Waals surface area contributed by atoms with E-state index >= 15 is 0 Å². The molecule has 0 aliphatic heterocycles. The first-order valence-electron chi connectivity index (χ1n) is 10.9. The average Bonchev–Trinajstić information content (AvgIpc) is 2.83. The molecule has 0 aliphatic carbocycles. The molecule has 4 atom stereocenters. The van der Waals surface area contributed by atoms with Crippen LogP contribution in [0.4, 0.5) is 0 Å². The van der Waals surface area contributed by atoms with E-state index in [1.165, 1.54) is 0 Å². The van der Waals surface area contributed by atoms with Gasteiger partial charge in [0.15, 0.2) is 0 Å². The van der Waals surface area contributed by atoms with Gasteiger partial charge in [-0.1, -0.05) is 0 Å². The Morgan fingerprint density at radius 2 is 0.537 bits per heavy atom. The van der Waals surface area contributed by atoms with Crippen molar-refractivity contribution >= 4 is 65.4 Å². The van der Waals surface area contributed by atoms with Crippen molar-refractivity contribution in [1.82, 2.24) is 0 Å². The number of carbonyl (C=O) groups excluding carboxylic acids is 4. The molecule has 12 N–H and O–H groups in total. The molecule has 0 saturated heterocycles. The van der Waals surface area contributed by atoms with Crippen LogP contribution in [-0.2, 0) is 38.4 Å². The number of hydrogen-bond acceptors (Lipinski definition) is 16. The molecule has 0 rings (SSSR count). The summed E-state index contributed by atoms with van der Waals surface area (Å²) < 4.78 is 0. The molecule has 0 aliphatic rings. The summed E-state index contributed by atoms with van der Waals surface area (Å²) in [5.74, 6) is -9.90. The van der Waals surface area contributed by atoms with Crippen molar-refractivity contribution in [2.45, 2.75) is 75.5 Å². The SMILES string of the molecule is N[C@@H](CCC(=O)O)C(=O)[O-].N[C@@H](CCC(=O)O)C(=O)[O-].N[C@@H](CCC(=O)O)C(=O)[O-].N[C@@H](CCC(=O)O)C(=O)[O-].[Ge+4]. The van der Waals surface area contributed by atoms with Crippen molar-refractivity contribution in [3.63, 3.8) is 0 Å². The Morgan fingerprint density at radius 3 is 0.610 bits per heavy atom. The van der Waals surface area contributed by atoms with Gasteiger partial charge in [-0.3, -0.25) is 19.2 Å². The van der Waals surface area contributed by atoms with Gasteiger partial charge in [-0.15, -0.1) is 0 Å². The fraction of sp³-hybridized carbons (Fsp3) is 0.600. The third kappa shape index (κ3) is 40.8. The summed E-state index contributed by atoms with van der Waals surface area (Å²) in [6, 6.07) is -4.68. The molecule has 0 aromatic rings. The standard InChI is InChI=1S/4C5H9NO4.Ge/c4*6-3(5(9)10)1-2-4(7)8;/h4*3H,1-2,6H2,(H,7,8)(H,9,10);/q;;;;+4/p-4/t4*3-;/m0000./s1. The van der Waals surface area contributed by atoms with E-state index in [-0.39, 0.29) is 69.0 Å². The van der Waals surface area contributed by atoms with Gasteiger partial charge < -0.3 is 83.0 Å². The van der Waals surface area contributed by atoms with Gasteiger partial charge in [0.25, 0.3) is 0 Å². The van der Waals surface area contributed by atoms with Gasteiger partial charge >= 0.3 is 41.5 Å². The quantitative estimate of drug-likeness (QED) is 0.0714. The van der Waals surface area contributed by atoms with Crippen LogP contribution in [0, 0.1) is 0 Å². The predicted octanol–water partition coefficient (Wildman–Crippen LogP) is -8.67. The molecule has 0 amide bonds. The summed E-state index contributed by atoms with van der Waals surface area (Å²) in [5.41, 5.74) is 19.8. The second-order valence-electron chi connectivity index (χ2n) is 7.43. The number of nitrogens with two attached hydrogens (primary N) is 4. The van der Waals surface area contributed by atoms with Crippen molar-refractivity contribution in [1.29, 1.82) is 0 Å². The number of hydrogen-bond donors (Lipinski definition) is 8. The van der Waals surface area contributed by atoms with E-state index in [4.69, 9.17) is 43.4 Å². The monoisotopic (exact) mass is 658 g/mol. The predicted molar refractivity (Wildman–Crippen MR) is 125 cm³/mol. The summed E-state index contributed by atoms with van der Waals surface area (Å²) in [5, 5.41) is 71.8. The van der Waals surface area contributed by atoms with E-state index in [2.05, 4.69) is 0 Å². The Balaban J connectivity index is -0.000000139. The zero-order chi connectivity index (χ0) is 32.6. The van der Waals surface area contributed by atoms with Gasteiger partial charge in [0.1, 0.15) is 0 Å². The number of carbonyl (C=O) groups is 8. The maximum absolute atomic E-state index is 9.88. The summed E-state index contributed by atoms with van der Waals surface area (Å²) in [7, 11) is 0. The van der Waals surface area contributed by atoms with Crippen LogP contribution in [0.2, 0.25) is 0 Å². The molecule has 0 spiro atoms. The molecule has 0 unspecified atom stereocenters. The van der Waals surface area contributed by atoms with Crippen molar-refractivity contribution in [3.8, 4) is 0 Å². The van der Waals surface area contributed by atoms with Crippen LogP contribution in [0.3, 0.4) is 0 Å². The molecule has 20 nitrogen and oxygen atoms in total. The van der Waals surface area contributed by atoms with Gasteiger partial charge in [0, 0.05) is 49.9 Å². The largest absolute Gasteiger partial charge is 4.00 e. The number of aliphatic carboxylic acids is 8. The fourth-order valence-electron chi connectivity index (χ4n) is 1.59. The molecule has 0 heterocycles. The van der Waals surface area contributed by atoms with Crippen LogP contribution >= 0.6 is 0 Å². The Morgan fingerprint density at radius 1 is 0.415 bits per heavy atom. The van der Waals surface area contributed by atoms with Gasteiger partial charge in [0.05, 0.1) is 23.9 Å². The van der Waals surface area contributed by atoms with Crippen LogP contribution in [0.25, 0.3) is 0 Å². The molecular formula is C20H32GeN4O16. The van der Waals surface area contributed by atoms with E-state index in [9.17, 15) is 58.8 Å². The van der Waals surface area contributed by atoms with E-state index in [1.807, 2.05) is 0 Å². The smallest absolute Gasteiger partial charge is 0.548 e. The van der Waals surface area contributed by atoms with Gasteiger partial charge in [-0.05, 0) is 25.7 Å². The van der Waals surface area contributed by atoms with E-state index in [0.29, 0.717) is 0 Å². The fourth-order valence-corrected chi connectivity index (χ4v) is 1.59. The van der Waals surface area contributed by atoms with Gasteiger partial charge in [-0.25, -0.2) is 0 Å². The molecular weight excluding hydrogens is 625 g/mol. The zero-order valence-corrected chi connectivity index (χ0v) is 23.6. The van der Waals surface area contributed by atoms with E-state index in [0.717, 1.165) is 0 Å². The Kier molecular flexibility index (Phi) is 31.7. The minimum absolute atomic E-state index is 0. The normalized spacial score (nSPS) is 12.2. The number of carboxylic acid groups (broad SMARTS) is 8. The number of carboxylic acids is 8. The first kappa shape index (κ1) is 47.0. The second kappa shape index (κ2) is 27.7. The molecule has 21 heteroatoms. The summed E-state index contributed by atoms with van der Waals surface area (Å²) in [6.45, 7) is 0. The Hall–Kier alpha value is -3.86. The first-order chi connectivity index (χ1) is 18.1. The van der Waals surface area contributed by atoms with Crippen molar-refractivity contribution in [2.24, 2.45) is 22.9 Å². The van der Waals surface area contributed by atoms with Crippen LogP contribution in [0.1, 0.15) is 51.4 Å². The molecule has 0 aromatic heterocycles. The average molecular weight is 657 g/mol. The van der Waals surface area contributed by atoms with Crippen molar-refractivity contribution < 1.29 is 79.2 Å². The first-order valence-corrected chi connectivity index (χ1v) is 10.9. The molecule has 232 valence electrons. The number of rotatable bonds is 16. The minimum atomic E-state index is -1.42. The minimum Gasteiger partial charge on any atom is -0.548 e.